The summed E-state index contributed by atoms with van der Waals surface area (Å²) < 4.78 is 46.7. The first kappa shape index (κ1) is 38.1. The summed E-state index contributed by atoms with van der Waals surface area (Å²) in [7, 11) is 0. The van der Waals surface area contributed by atoms with Crippen LogP contribution in [0.3, 0.4) is 0 Å². The van der Waals surface area contributed by atoms with Crippen LogP contribution in [0.25, 0.3) is 5.57 Å². The van der Waals surface area contributed by atoms with Gasteiger partial charge in [-0.15, -0.1) is 0 Å². The van der Waals surface area contributed by atoms with Gasteiger partial charge in [-0.3, -0.25) is 14.4 Å². The van der Waals surface area contributed by atoms with Gasteiger partial charge in [0.25, 0.3) is 5.91 Å². The van der Waals surface area contributed by atoms with Crippen LogP contribution in [-0.4, -0.2) is 77.1 Å². The van der Waals surface area contributed by atoms with Crippen LogP contribution >= 0.6 is 0 Å². The lowest BCUT2D eigenvalue weighted by Crippen LogP contribution is -2.62. The highest BCUT2D eigenvalue weighted by Gasteiger charge is 2.43. The largest absolute Gasteiger partial charge is 0.488 e. The summed E-state index contributed by atoms with van der Waals surface area (Å²) in [5.41, 5.74) is 4.88. The Morgan fingerprint density at radius 1 is 0.962 bits per heavy atom. The van der Waals surface area contributed by atoms with Gasteiger partial charge in [0.05, 0.1) is 18.1 Å². The average Bonchev–Trinajstić information content (AvgIpc) is 3.98. The number of fused-ring (bicyclic) bond motifs is 2. The van der Waals surface area contributed by atoms with Crippen molar-refractivity contribution in [3.05, 3.63) is 106 Å². The number of carbonyl (C=O) groups excluding carboxylic acids is 2. The van der Waals surface area contributed by atoms with Crippen LogP contribution in [0.5, 0.6) is 5.75 Å². The highest BCUT2D eigenvalue weighted by atomic mass is 19.2. The van der Waals surface area contributed by atoms with E-state index in [0.717, 1.165) is 48.1 Å². The molecule has 3 aromatic rings. The molecule has 6 rings (SSSR count). The quantitative estimate of drug-likeness (QED) is 0.131. The van der Waals surface area contributed by atoms with E-state index in [9.17, 15) is 32.7 Å². The Morgan fingerprint density at radius 2 is 1.68 bits per heavy atom. The third-order valence-electron chi connectivity index (χ3n) is 10.8. The highest BCUT2D eigenvalue weighted by molar-refractivity contribution is 6.03. The first-order chi connectivity index (χ1) is 25.3. The lowest BCUT2D eigenvalue weighted by molar-refractivity contribution is -0.148. The molecule has 53 heavy (non-hydrogen) atoms. The Hall–Kier alpha value is -4.64. The molecular weight excluding hydrogens is 683 g/mol. The van der Waals surface area contributed by atoms with Crippen molar-refractivity contribution in [1.29, 1.82) is 0 Å². The van der Waals surface area contributed by atoms with E-state index in [0.29, 0.717) is 44.5 Å². The number of nitrogens with zero attached hydrogens (tertiary/aromatic N) is 2. The Bertz CT molecular complexity index is 1870. The van der Waals surface area contributed by atoms with Gasteiger partial charge in [-0.2, -0.15) is 4.39 Å². The number of carbonyl (C=O) groups is 3. The standard InChI is InChI=1S/C42H48F3N3O5/c1-26-7-4-5-9-28(26)19-21-48(31-14-15-31)40(50)37-32(23-30-24-47(25-35(37)46-30)36(49)18-20-42(2,3)41(51)52)29-12-10-27(11-13-29)8-6-22-53-39-34(44)17-16-33(43)38(39)45/h4-5,7,9-13,16-17,30-31,35,46H,6,8,14-15,18-25H2,1-3H3,(H,51,52)/t30-,35-/m1/s1. The molecule has 8 nitrogen and oxygen atoms in total. The van der Waals surface area contributed by atoms with Gasteiger partial charge in [-0.05, 0) is 106 Å². The molecule has 1 aliphatic carbocycles. The zero-order chi connectivity index (χ0) is 37.9. The molecule has 0 aromatic heterocycles. The van der Waals surface area contributed by atoms with E-state index in [4.69, 9.17) is 4.74 Å². The molecule has 1 saturated carbocycles. The van der Waals surface area contributed by atoms with Crippen LogP contribution in [0.4, 0.5) is 13.2 Å². The zero-order valence-electron chi connectivity index (χ0n) is 30.6. The number of carboxylic acid groups (broad SMARTS) is 1. The molecule has 2 aliphatic heterocycles. The van der Waals surface area contributed by atoms with Crippen molar-refractivity contribution in [2.45, 2.75) is 90.3 Å². The van der Waals surface area contributed by atoms with Crippen LogP contribution in [-0.2, 0) is 27.2 Å². The van der Waals surface area contributed by atoms with Gasteiger partial charge in [0.2, 0.25) is 11.7 Å². The number of rotatable bonds is 15. The van der Waals surface area contributed by atoms with Crippen LogP contribution in [0, 0.1) is 29.8 Å². The Morgan fingerprint density at radius 3 is 2.38 bits per heavy atom. The van der Waals surface area contributed by atoms with Gasteiger partial charge in [-0.1, -0.05) is 48.5 Å². The van der Waals surface area contributed by atoms with Gasteiger partial charge in [0.15, 0.2) is 17.4 Å². The summed E-state index contributed by atoms with van der Waals surface area (Å²) >= 11 is 0. The SMILES string of the molecule is Cc1ccccc1CCN(C(=O)C1=C(c2ccc(CCCOc3c(F)ccc(F)c3F)cc2)C[C@@H]2CN(C(=O)CCC(C)(C)C(=O)O)C[C@H]1N2)C1CC1. The van der Waals surface area contributed by atoms with Crippen molar-refractivity contribution in [2.75, 3.05) is 26.2 Å². The number of nitrogens with one attached hydrogen (secondary N) is 1. The van der Waals surface area contributed by atoms with E-state index in [1.54, 1.807) is 18.7 Å². The van der Waals surface area contributed by atoms with Crippen molar-refractivity contribution in [3.8, 4) is 5.75 Å². The number of halogens is 3. The maximum atomic E-state index is 14.8. The topological polar surface area (TPSA) is 99.2 Å². The molecule has 0 radical (unpaired) electrons. The van der Waals surface area contributed by atoms with E-state index < -0.39 is 34.6 Å². The number of ether oxygens (including phenoxy) is 1. The molecule has 2 atom stereocenters. The van der Waals surface area contributed by atoms with Crippen molar-refractivity contribution >= 4 is 23.4 Å². The summed E-state index contributed by atoms with van der Waals surface area (Å²) in [6.07, 6.45) is 4.50. The predicted octanol–water partition coefficient (Wildman–Crippen LogP) is 6.87. The van der Waals surface area contributed by atoms with Crippen molar-refractivity contribution in [1.82, 2.24) is 15.1 Å². The fourth-order valence-corrected chi connectivity index (χ4v) is 7.34. The van der Waals surface area contributed by atoms with Crippen molar-refractivity contribution < 1.29 is 37.4 Å². The third kappa shape index (κ3) is 8.95. The second kappa shape index (κ2) is 16.2. The molecule has 2 heterocycles. The van der Waals surface area contributed by atoms with Crippen molar-refractivity contribution in [3.63, 3.8) is 0 Å². The Kier molecular flexibility index (Phi) is 11.6. The number of carboxylic acids is 1. The number of hydrogen-bond donors (Lipinski definition) is 2. The van der Waals surface area contributed by atoms with Gasteiger partial charge in [-0.25, -0.2) is 8.78 Å². The summed E-state index contributed by atoms with van der Waals surface area (Å²) in [4.78, 5) is 43.7. The number of aryl methyl sites for hydroxylation is 2. The van der Waals surface area contributed by atoms with Crippen LogP contribution in [0.2, 0.25) is 0 Å². The first-order valence-corrected chi connectivity index (χ1v) is 18.5. The molecule has 11 heteroatoms. The predicted molar refractivity (Wildman–Crippen MR) is 196 cm³/mol. The second-order valence-corrected chi connectivity index (χ2v) is 15.2. The maximum absolute atomic E-state index is 14.8. The van der Waals surface area contributed by atoms with Gasteiger partial charge < -0.3 is 25.0 Å². The monoisotopic (exact) mass is 731 g/mol. The molecule has 0 spiro atoms. The third-order valence-corrected chi connectivity index (χ3v) is 10.8. The number of amides is 2. The number of aliphatic carboxylic acids is 1. The fraction of sp³-hybridized carbons (Fsp3) is 0.452. The second-order valence-electron chi connectivity index (χ2n) is 15.2. The lowest BCUT2D eigenvalue weighted by atomic mass is 9.82. The minimum absolute atomic E-state index is 0.000405. The summed E-state index contributed by atoms with van der Waals surface area (Å²) in [6, 6.07) is 17.4. The van der Waals surface area contributed by atoms with E-state index in [2.05, 4.69) is 24.4 Å². The summed E-state index contributed by atoms with van der Waals surface area (Å²) in [5.74, 6) is -5.26. The zero-order valence-corrected chi connectivity index (χ0v) is 30.6. The fourth-order valence-electron chi connectivity index (χ4n) is 7.34. The molecule has 3 aromatic carbocycles. The van der Waals surface area contributed by atoms with Crippen LogP contribution in [0.15, 0.2) is 66.2 Å². The Labute approximate surface area is 309 Å². The molecule has 282 valence electrons. The smallest absolute Gasteiger partial charge is 0.309 e. The summed E-state index contributed by atoms with van der Waals surface area (Å²) in [5, 5.41) is 13.2. The number of piperazine rings is 1. The normalized spacial score (nSPS) is 18.6. The van der Waals surface area contributed by atoms with Gasteiger partial charge >= 0.3 is 5.97 Å². The van der Waals surface area contributed by atoms with Gasteiger partial charge in [0.1, 0.15) is 0 Å². The Balaban J connectivity index is 1.22. The molecule has 2 N–H and O–H groups in total. The minimum atomic E-state index is -1.34. The van der Waals surface area contributed by atoms with Crippen LogP contribution in [0.1, 0.15) is 74.6 Å². The minimum Gasteiger partial charge on any atom is -0.488 e. The lowest BCUT2D eigenvalue weighted by Gasteiger charge is -2.45. The van der Waals surface area contributed by atoms with Gasteiger partial charge in [0, 0.05) is 43.7 Å². The molecule has 0 unspecified atom stereocenters. The molecule has 2 bridgehead atoms. The number of benzene rings is 3. The van der Waals surface area contributed by atoms with E-state index in [1.807, 2.05) is 41.3 Å². The number of hydrogen-bond acceptors (Lipinski definition) is 5. The molecule has 1 saturated heterocycles. The summed E-state index contributed by atoms with van der Waals surface area (Å²) in [6.45, 7) is 6.68. The van der Waals surface area contributed by atoms with E-state index in [-0.39, 0.29) is 49.4 Å². The molecule has 2 fully saturated rings. The first-order valence-electron chi connectivity index (χ1n) is 18.5. The molecule has 3 aliphatic rings. The van der Waals surface area contributed by atoms with E-state index >= 15 is 0 Å². The maximum Gasteiger partial charge on any atom is 0.309 e. The molecule has 2 amide bonds. The average molecular weight is 732 g/mol. The van der Waals surface area contributed by atoms with Crippen molar-refractivity contribution in [2.24, 2.45) is 5.41 Å². The molecular formula is C42H48F3N3O5. The highest BCUT2D eigenvalue weighted by Crippen LogP contribution is 2.37. The van der Waals surface area contributed by atoms with Crippen LogP contribution < -0.4 is 10.1 Å². The van der Waals surface area contributed by atoms with E-state index in [1.165, 1.54) is 11.1 Å².